The molecule has 15 heavy (non-hydrogen) atoms. The first-order chi connectivity index (χ1) is 6.95. The van der Waals surface area contributed by atoms with Crippen LogP contribution in [0.1, 0.15) is 20.8 Å². The van der Waals surface area contributed by atoms with Gasteiger partial charge in [0.2, 0.25) is 0 Å². The van der Waals surface area contributed by atoms with Crippen LogP contribution in [-0.4, -0.2) is 16.5 Å². The van der Waals surface area contributed by atoms with E-state index in [1.165, 1.54) is 12.1 Å². The Balaban J connectivity index is 2.86. The quantitative estimate of drug-likeness (QED) is 0.457. The Kier molecular flexibility index (Phi) is 3.29. The number of halogens is 1. The summed E-state index contributed by atoms with van der Waals surface area (Å²) in [5, 5.41) is 14.9. The van der Waals surface area contributed by atoms with Gasteiger partial charge in [-0.1, -0.05) is 11.2 Å². The van der Waals surface area contributed by atoms with Crippen LogP contribution in [0.25, 0.3) is 0 Å². The summed E-state index contributed by atoms with van der Waals surface area (Å²) in [6.07, 6.45) is 0. The molecule has 0 amide bonds. The first-order valence-electron chi connectivity index (χ1n) is 4.68. The topological polar surface area (TPSA) is 44.6 Å². The molecule has 0 aliphatic rings. The normalized spacial score (nSPS) is 12.7. The van der Waals surface area contributed by atoms with Gasteiger partial charge in [0.25, 0.3) is 0 Å². The minimum atomic E-state index is -0.511. The van der Waals surface area contributed by atoms with Crippen molar-refractivity contribution in [1.29, 1.82) is 0 Å². The Morgan fingerprint density at radius 3 is 2.67 bits per heavy atom. The number of nitrogens with one attached hydrogen (secondary N) is 1. The van der Waals surface area contributed by atoms with E-state index in [1.54, 1.807) is 19.1 Å². The Labute approximate surface area is 88.6 Å². The Morgan fingerprint density at radius 2 is 2.13 bits per heavy atom. The molecule has 4 heteroatoms. The predicted molar refractivity (Wildman–Crippen MR) is 59.0 cm³/mol. The molecule has 0 bridgehead atoms. The smallest absolute Gasteiger partial charge is 0.125 e. The van der Waals surface area contributed by atoms with Gasteiger partial charge in [-0.15, -0.1) is 0 Å². The van der Waals surface area contributed by atoms with E-state index in [2.05, 4.69) is 10.5 Å². The van der Waals surface area contributed by atoms with E-state index < -0.39 is 5.54 Å². The maximum atomic E-state index is 12.9. The van der Waals surface area contributed by atoms with Crippen molar-refractivity contribution in [2.24, 2.45) is 5.16 Å². The summed E-state index contributed by atoms with van der Waals surface area (Å²) in [5.74, 6) is -0.297. The van der Waals surface area contributed by atoms with Crippen LogP contribution in [0.2, 0.25) is 0 Å². The van der Waals surface area contributed by atoms with Crippen LogP contribution in [0.15, 0.2) is 29.4 Å². The SMILES string of the molecule is CC(=NO)C(C)(C)Nc1cccc(F)c1. The molecule has 1 rings (SSSR count). The summed E-state index contributed by atoms with van der Waals surface area (Å²) in [6.45, 7) is 5.41. The largest absolute Gasteiger partial charge is 0.411 e. The second-order valence-electron chi connectivity index (χ2n) is 3.95. The molecule has 1 aromatic carbocycles. The number of rotatable bonds is 3. The summed E-state index contributed by atoms with van der Waals surface area (Å²) in [6, 6.07) is 6.16. The van der Waals surface area contributed by atoms with Gasteiger partial charge in [-0.05, 0) is 39.0 Å². The summed E-state index contributed by atoms with van der Waals surface area (Å²) in [7, 11) is 0. The van der Waals surface area contributed by atoms with Gasteiger partial charge in [-0.2, -0.15) is 0 Å². The molecule has 0 unspecified atom stereocenters. The molecule has 0 spiro atoms. The van der Waals surface area contributed by atoms with E-state index in [0.717, 1.165) is 0 Å². The highest BCUT2D eigenvalue weighted by Crippen LogP contribution is 2.17. The molecule has 0 atom stereocenters. The van der Waals surface area contributed by atoms with Crippen LogP contribution in [0.4, 0.5) is 10.1 Å². The summed E-state index contributed by atoms with van der Waals surface area (Å²) >= 11 is 0. The third-order valence-electron chi connectivity index (χ3n) is 2.34. The van der Waals surface area contributed by atoms with E-state index >= 15 is 0 Å². The highest BCUT2D eigenvalue weighted by Gasteiger charge is 2.21. The van der Waals surface area contributed by atoms with Crippen molar-refractivity contribution in [3.63, 3.8) is 0 Å². The van der Waals surface area contributed by atoms with Crippen molar-refractivity contribution in [2.75, 3.05) is 5.32 Å². The lowest BCUT2D eigenvalue weighted by Crippen LogP contribution is -2.38. The third-order valence-corrected chi connectivity index (χ3v) is 2.34. The van der Waals surface area contributed by atoms with Crippen molar-refractivity contribution in [3.05, 3.63) is 30.1 Å². The standard InChI is InChI=1S/C11H15FN2O/c1-8(14-15)11(2,3)13-10-6-4-5-9(12)7-10/h4-7,13,15H,1-3H3. The fraction of sp³-hybridized carbons (Fsp3) is 0.364. The third kappa shape index (κ3) is 2.94. The lowest BCUT2D eigenvalue weighted by molar-refractivity contribution is 0.314. The van der Waals surface area contributed by atoms with Gasteiger partial charge < -0.3 is 10.5 Å². The maximum absolute atomic E-state index is 12.9. The van der Waals surface area contributed by atoms with E-state index in [-0.39, 0.29) is 5.82 Å². The molecule has 0 fully saturated rings. The van der Waals surface area contributed by atoms with Gasteiger partial charge in [-0.25, -0.2) is 4.39 Å². The molecule has 0 aliphatic heterocycles. The van der Waals surface area contributed by atoms with Crippen molar-refractivity contribution in [1.82, 2.24) is 0 Å². The van der Waals surface area contributed by atoms with Crippen LogP contribution in [0, 0.1) is 5.82 Å². The number of hydrogen-bond acceptors (Lipinski definition) is 3. The Morgan fingerprint density at radius 1 is 1.47 bits per heavy atom. The number of hydrogen-bond donors (Lipinski definition) is 2. The van der Waals surface area contributed by atoms with E-state index in [4.69, 9.17) is 5.21 Å². The maximum Gasteiger partial charge on any atom is 0.125 e. The van der Waals surface area contributed by atoms with Crippen LogP contribution in [0.3, 0.4) is 0 Å². The molecule has 0 saturated heterocycles. The summed E-state index contributed by atoms with van der Waals surface area (Å²) in [5.41, 5.74) is 0.678. The highest BCUT2D eigenvalue weighted by atomic mass is 19.1. The van der Waals surface area contributed by atoms with Gasteiger partial charge in [0.15, 0.2) is 0 Å². The second-order valence-corrected chi connectivity index (χ2v) is 3.95. The molecule has 1 aromatic rings. The second kappa shape index (κ2) is 4.29. The van der Waals surface area contributed by atoms with Crippen LogP contribution < -0.4 is 5.32 Å². The molecule has 0 aromatic heterocycles. The van der Waals surface area contributed by atoms with Crippen molar-refractivity contribution in [3.8, 4) is 0 Å². The highest BCUT2D eigenvalue weighted by molar-refractivity contribution is 5.92. The minimum Gasteiger partial charge on any atom is -0.411 e. The number of nitrogens with zero attached hydrogens (tertiary/aromatic N) is 1. The minimum absolute atomic E-state index is 0.297. The fourth-order valence-corrected chi connectivity index (χ4v) is 1.14. The average Bonchev–Trinajstić information content (AvgIpc) is 2.15. The zero-order valence-electron chi connectivity index (χ0n) is 9.08. The van der Waals surface area contributed by atoms with Crippen molar-refractivity contribution < 1.29 is 9.60 Å². The number of oxime groups is 1. The fourth-order valence-electron chi connectivity index (χ4n) is 1.14. The molecule has 0 aliphatic carbocycles. The van der Waals surface area contributed by atoms with Crippen molar-refractivity contribution in [2.45, 2.75) is 26.3 Å². The monoisotopic (exact) mass is 210 g/mol. The summed E-state index contributed by atoms with van der Waals surface area (Å²) in [4.78, 5) is 0. The Hall–Kier alpha value is -1.58. The lowest BCUT2D eigenvalue weighted by Gasteiger charge is -2.26. The predicted octanol–water partition coefficient (Wildman–Crippen LogP) is 2.87. The Bertz CT molecular complexity index is 375. The van der Waals surface area contributed by atoms with Crippen LogP contribution in [-0.2, 0) is 0 Å². The molecule has 0 radical (unpaired) electrons. The van der Waals surface area contributed by atoms with E-state index in [9.17, 15) is 4.39 Å². The number of anilines is 1. The van der Waals surface area contributed by atoms with Crippen LogP contribution in [0.5, 0.6) is 0 Å². The zero-order valence-corrected chi connectivity index (χ0v) is 9.08. The van der Waals surface area contributed by atoms with Gasteiger partial charge >= 0.3 is 0 Å². The van der Waals surface area contributed by atoms with Crippen LogP contribution >= 0.6 is 0 Å². The number of benzene rings is 1. The molecule has 3 nitrogen and oxygen atoms in total. The molecule has 0 saturated carbocycles. The summed E-state index contributed by atoms with van der Waals surface area (Å²) < 4.78 is 12.9. The van der Waals surface area contributed by atoms with E-state index in [1.807, 2.05) is 13.8 Å². The first-order valence-corrected chi connectivity index (χ1v) is 4.68. The molecular formula is C11H15FN2O. The van der Waals surface area contributed by atoms with Gasteiger partial charge in [0.1, 0.15) is 5.82 Å². The molecule has 2 N–H and O–H groups in total. The van der Waals surface area contributed by atoms with Gasteiger partial charge in [0.05, 0.1) is 11.3 Å². The first kappa shape index (κ1) is 11.5. The molecular weight excluding hydrogens is 195 g/mol. The zero-order chi connectivity index (χ0) is 11.5. The lowest BCUT2D eigenvalue weighted by atomic mass is 9.99. The average molecular weight is 210 g/mol. The molecule has 0 heterocycles. The van der Waals surface area contributed by atoms with E-state index in [0.29, 0.717) is 11.4 Å². The van der Waals surface area contributed by atoms with Crippen molar-refractivity contribution >= 4 is 11.4 Å². The molecule has 82 valence electrons. The van der Waals surface area contributed by atoms with Gasteiger partial charge in [-0.3, -0.25) is 0 Å². The van der Waals surface area contributed by atoms with Gasteiger partial charge in [0, 0.05) is 5.69 Å².